The van der Waals surface area contributed by atoms with Gasteiger partial charge in [0.1, 0.15) is 11.6 Å². The minimum atomic E-state index is -0.127. The number of aromatic nitrogens is 3. The second kappa shape index (κ2) is 9.07. The normalized spacial score (nSPS) is 24.0. The first-order chi connectivity index (χ1) is 12.2. The first-order valence-electron chi connectivity index (χ1n) is 9.67. The molecule has 2 saturated heterocycles. The van der Waals surface area contributed by atoms with E-state index in [1.807, 2.05) is 0 Å². The number of ether oxygens (including phenoxy) is 1. The molecule has 25 heavy (non-hydrogen) atoms. The van der Waals surface area contributed by atoms with Crippen molar-refractivity contribution in [2.45, 2.75) is 50.7 Å². The standard InChI is InChI=1S/C18H33N5O2/c1-21-17(14-23-10-6-16(24)7-11-23)19-20-18(21)15-5-3-8-22(13-15)9-4-12-25-2/h15-16,24H,3-14H2,1-2H3/t15-/m0/s1. The lowest BCUT2D eigenvalue weighted by Gasteiger charge is -2.32. The van der Waals surface area contributed by atoms with E-state index in [1.54, 1.807) is 7.11 Å². The van der Waals surface area contributed by atoms with Gasteiger partial charge in [0, 0.05) is 52.9 Å². The molecule has 2 aliphatic heterocycles. The van der Waals surface area contributed by atoms with Crippen LogP contribution in [-0.4, -0.2) is 82.2 Å². The van der Waals surface area contributed by atoms with Gasteiger partial charge >= 0.3 is 0 Å². The molecule has 7 heteroatoms. The van der Waals surface area contributed by atoms with Crippen LogP contribution in [0.4, 0.5) is 0 Å². The Morgan fingerprint density at radius 3 is 2.68 bits per heavy atom. The fourth-order valence-corrected chi connectivity index (χ4v) is 4.05. The highest BCUT2D eigenvalue weighted by molar-refractivity contribution is 5.04. The molecule has 1 atom stereocenters. The predicted molar refractivity (Wildman–Crippen MR) is 96.4 cm³/mol. The quantitative estimate of drug-likeness (QED) is 0.739. The summed E-state index contributed by atoms with van der Waals surface area (Å²) in [4.78, 5) is 4.91. The molecular weight excluding hydrogens is 318 g/mol. The summed E-state index contributed by atoms with van der Waals surface area (Å²) in [6, 6.07) is 0. The lowest BCUT2D eigenvalue weighted by molar-refractivity contribution is 0.0775. The highest BCUT2D eigenvalue weighted by Crippen LogP contribution is 2.26. The van der Waals surface area contributed by atoms with E-state index in [1.165, 1.54) is 19.4 Å². The second-order valence-electron chi connectivity index (χ2n) is 7.53. The molecule has 0 amide bonds. The average Bonchev–Trinajstić information content (AvgIpc) is 2.98. The molecule has 0 spiro atoms. The molecular formula is C18H33N5O2. The Morgan fingerprint density at radius 2 is 1.92 bits per heavy atom. The van der Waals surface area contributed by atoms with E-state index in [0.29, 0.717) is 5.92 Å². The van der Waals surface area contributed by atoms with Crippen molar-refractivity contribution in [3.63, 3.8) is 0 Å². The first-order valence-corrected chi connectivity index (χ1v) is 9.67. The van der Waals surface area contributed by atoms with Crippen molar-refractivity contribution >= 4 is 0 Å². The zero-order chi connectivity index (χ0) is 17.6. The van der Waals surface area contributed by atoms with E-state index >= 15 is 0 Å². The Morgan fingerprint density at radius 1 is 1.12 bits per heavy atom. The molecule has 1 aromatic rings. The Labute approximate surface area is 151 Å². The van der Waals surface area contributed by atoms with Gasteiger partial charge in [-0.2, -0.15) is 0 Å². The summed E-state index contributed by atoms with van der Waals surface area (Å²) in [6.07, 6.45) is 5.12. The van der Waals surface area contributed by atoms with Crippen LogP contribution in [0, 0.1) is 0 Å². The van der Waals surface area contributed by atoms with Crippen LogP contribution in [-0.2, 0) is 18.3 Å². The molecule has 0 radical (unpaired) electrons. The summed E-state index contributed by atoms with van der Waals surface area (Å²) in [5, 5.41) is 18.7. The smallest absolute Gasteiger partial charge is 0.146 e. The molecule has 3 rings (SSSR count). The van der Waals surface area contributed by atoms with Crippen LogP contribution in [0.5, 0.6) is 0 Å². The molecule has 7 nitrogen and oxygen atoms in total. The highest BCUT2D eigenvalue weighted by atomic mass is 16.5. The number of hydrogen-bond acceptors (Lipinski definition) is 6. The van der Waals surface area contributed by atoms with Crippen molar-refractivity contribution in [1.82, 2.24) is 24.6 Å². The van der Waals surface area contributed by atoms with Gasteiger partial charge in [-0.1, -0.05) is 0 Å². The fourth-order valence-electron chi connectivity index (χ4n) is 4.05. The molecule has 1 aromatic heterocycles. The summed E-state index contributed by atoms with van der Waals surface area (Å²) in [7, 11) is 3.87. The van der Waals surface area contributed by atoms with Gasteiger partial charge in [0.25, 0.3) is 0 Å². The van der Waals surface area contributed by atoms with Crippen molar-refractivity contribution in [2.24, 2.45) is 7.05 Å². The third-order valence-corrected chi connectivity index (χ3v) is 5.61. The maximum Gasteiger partial charge on any atom is 0.146 e. The van der Waals surface area contributed by atoms with Crippen LogP contribution in [0.25, 0.3) is 0 Å². The molecule has 3 heterocycles. The van der Waals surface area contributed by atoms with Crippen LogP contribution in [0.2, 0.25) is 0 Å². The summed E-state index contributed by atoms with van der Waals surface area (Å²) >= 11 is 0. The predicted octanol–water partition coefficient (Wildman–Crippen LogP) is 0.988. The first kappa shape index (κ1) is 18.8. The average molecular weight is 351 g/mol. The van der Waals surface area contributed by atoms with Gasteiger partial charge in [0.2, 0.25) is 0 Å². The fraction of sp³-hybridized carbons (Fsp3) is 0.889. The lowest BCUT2D eigenvalue weighted by Crippen LogP contribution is -2.37. The lowest BCUT2D eigenvalue weighted by atomic mass is 9.97. The summed E-state index contributed by atoms with van der Waals surface area (Å²) in [6.45, 7) is 6.91. The van der Waals surface area contributed by atoms with Gasteiger partial charge in [0.05, 0.1) is 12.6 Å². The van der Waals surface area contributed by atoms with Crippen LogP contribution < -0.4 is 0 Å². The second-order valence-corrected chi connectivity index (χ2v) is 7.53. The Hall–Kier alpha value is -1.02. The third-order valence-electron chi connectivity index (χ3n) is 5.61. The molecule has 142 valence electrons. The summed E-state index contributed by atoms with van der Waals surface area (Å²) in [5.41, 5.74) is 0. The molecule has 1 N–H and O–H groups in total. The minimum absolute atomic E-state index is 0.127. The van der Waals surface area contributed by atoms with Gasteiger partial charge in [-0.3, -0.25) is 4.90 Å². The van der Waals surface area contributed by atoms with E-state index in [4.69, 9.17) is 4.74 Å². The summed E-state index contributed by atoms with van der Waals surface area (Å²) in [5.74, 6) is 2.65. The number of aliphatic hydroxyl groups is 1. The number of methoxy groups -OCH3 is 1. The van der Waals surface area contributed by atoms with Gasteiger partial charge in [-0.15, -0.1) is 10.2 Å². The van der Waals surface area contributed by atoms with E-state index in [9.17, 15) is 5.11 Å². The molecule has 0 unspecified atom stereocenters. The number of nitrogens with zero attached hydrogens (tertiary/aromatic N) is 5. The Bertz CT molecular complexity index is 528. The number of rotatable bonds is 7. The molecule has 0 aromatic carbocycles. The van der Waals surface area contributed by atoms with Gasteiger partial charge in [-0.05, 0) is 38.6 Å². The Balaban J connectivity index is 1.56. The van der Waals surface area contributed by atoms with Crippen LogP contribution in [0.1, 0.15) is 49.7 Å². The van der Waals surface area contributed by atoms with E-state index in [-0.39, 0.29) is 6.10 Å². The van der Waals surface area contributed by atoms with Crippen molar-refractivity contribution in [2.75, 3.05) is 46.4 Å². The third kappa shape index (κ3) is 5.00. The maximum absolute atomic E-state index is 9.65. The zero-order valence-corrected chi connectivity index (χ0v) is 15.7. The SMILES string of the molecule is COCCCN1CCC[C@H](c2nnc(CN3CCC(O)CC3)n2C)C1. The minimum Gasteiger partial charge on any atom is -0.393 e. The number of aliphatic hydroxyl groups excluding tert-OH is 1. The van der Waals surface area contributed by atoms with Gasteiger partial charge < -0.3 is 19.3 Å². The number of hydrogen-bond donors (Lipinski definition) is 1. The van der Waals surface area contributed by atoms with Gasteiger partial charge in [0.15, 0.2) is 0 Å². The van der Waals surface area contributed by atoms with E-state index in [2.05, 4.69) is 31.6 Å². The Kier molecular flexibility index (Phi) is 6.81. The van der Waals surface area contributed by atoms with Crippen LogP contribution >= 0.6 is 0 Å². The zero-order valence-electron chi connectivity index (χ0n) is 15.7. The van der Waals surface area contributed by atoms with Crippen LogP contribution in [0.15, 0.2) is 0 Å². The monoisotopic (exact) mass is 351 g/mol. The molecule has 0 bridgehead atoms. The molecule has 2 aliphatic rings. The van der Waals surface area contributed by atoms with Gasteiger partial charge in [-0.25, -0.2) is 0 Å². The van der Waals surface area contributed by atoms with Crippen molar-refractivity contribution in [3.05, 3.63) is 11.6 Å². The van der Waals surface area contributed by atoms with E-state index < -0.39 is 0 Å². The maximum atomic E-state index is 9.65. The van der Waals surface area contributed by atoms with Crippen molar-refractivity contribution in [3.8, 4) is 0 Å². The number of likely N-dealkylation sites (tertiary alicyclic amines) is 2. The topological polar surface area (TPSA) is 66.7 Å². The summed E-state index contributed by atoms with van der Waals surface area (Å²) < 4.78 is 7.37. The molecule has 2 fully saturated rings. The van der Waals surface area contributed by atoms with Crippen molar-refractivity contribution in [1.29, 1.82) is 0 Å². The van der Waals surface area contributed by atoms with E-state index in [0.717, 1.165) is 70.2 Å². The largest absolute Gasteiger partial charge is 0.393 e. The molecule has 0 aliphatic carbocycles. The van der Waals surface area contributed by atoms with Crippen molar-refractivity contribution < 1.29 is 9.84 Å². The number of piperidine rings is 2. The highest BCUT2D eigenvalue weighted by Gasteiger charge is 2.26. The van der Waals surface area contributed by atoms with Crippen LogP contribution in [0.3, 0.4) is 0 Å². The molecule has 0 saturated carbocycles.